The number of nitrogens with zero attached hydrogens (tertiary/aromatic N) is 3. The number of rotatable bonds is 5. The molecule has 1 aromatic heterocycles. The van der Waals surface area contributed by atoms with Crippen molar-refractivity contribution in [2.75, 3.05) is 14.7 Å². The fraction of sp³-hybridized carbons (Fsp3) is 0.333. The highest BCUT2D eigenvalue weighted by Gasteiger charge is 2.48. The van der Waals surface area contributed by atoms with E-state index in [1.165, 1.54) is 84.3 Å². The minimum atomic E-state index is -0.188. The summed E-state index contributed by atoms with van der Waals surface area (Å²) in [7, 11) is 0. The van der Waals surface area contributed by atoms with Crippen LogP contribution in [0.5, 0.6) is 0 Å². The Balaban J connectivity index is 1.19. The maximum absolute atomic E-state index is 7.29. The zero-order valence-electron chi connectivity index (χ0n) is 48.2. The molecule has 0 fully saturated rings. The molecule has 0 saturated heterocycles. The lowest BCUT2D eigenvalue weighted by molar-refractivity contribution is 0.332. The molecule has 9 aromatic rings. The Morgan fingerprint density at radius 2 is 0.987 bits per heavy atom. The van der Waals surface area contributed by atoms with Gasteiger partial charge in [-0.15, -0.1) is 0 Å². The predicted molar refractivity (Wildman–Crippen MR) is 330 cm³/mol. The molecule has 0 unspecified atom stereocenters. The van der Waals surface area contributed by atoms with Crippen molar-refractivity contribution in [2.24, 2.45) is 0 Å². The third-order valence-corrected chi connectivity index (χ3v) is 18.8. The van der Waals surface area contributed by atoms with Crippen molar-refractivity contribution in [1.82, 2.24) is 0 Å². The summed E-state index contributed by atoms with van der Waals surface area (Å²) in [6, 6.07) is 60.5. The number of hydrogen-bond donors (Lipinski definition) is 0. The van der Waals surface area contributed by atoms with Crippen LogP contribution in [0, 0.1) is 0 Å². The number of anilines is 9. The molecule has 0 N–H and O–H groups in total. The standard InChI is InChI=1S/C72H76BN3O/c1-67(2,3)45-39-61-65-62(40-45)76(58-34-32-52(68(4,5)6)64-50-27-21-22-28-63(50)77-66(58)64)59-42-49(74(46-23-17-15-18-24-46)47-25-19-16-20-26-47)30-33-56(59)73(65)57-43-54-55(72(13,14)38-37-71(54,11)12)44-60(57)75(61)48-29-31-51-53(41-48)70(9,10)36-35-69(51,7)8/h15-34,39-44H,35-38H2,1-14H3. The van der Waals surface area contributed by atoms with E-state index in [2.05, 4.69) is 269 Å². The molecular weight excluding hydrogens is 934 g/mol. The number of benzene rings is 8. The van der Waals surface area contributed by atoms with Crippen molar-refractivity contribution in [3.05, 3.63) is 191 Å². The van der Waals surface area contributed by atoms with Gasteiger partial charge >= 0.3 is 0 Å². The molecule has 0 saturated carbocycles. The summed E-state index contributed by atoms with van der Waals surface area (Å²) < 4.78 is 7.29. The minimum absolute atomic E-state index is 0.00625. The summed E-state index contributed by atoms with van der Waals surface area (Å²) in [5.74, 6) is 0. The first-order chi connectivity index (χ1) is 36.4. The van der Waals surface area contributed by atoms with Crippen molar-refractivity contribution in [3.63, 3.8) is 0 Å². The Morgan fingerprint density at radius 1 is 0.442 bits per heavy atom. The normalized spacial score (nSPS) is 17.6. The Bertz CT molecular complexity index is 3820. The first-order valence-corrected chi connectivity index (χ1v) is 28.5. The summed E-state index contributed by atoms with van der Waals surface area (Å²) in [4.78, 5) is 7.74. The van der Waals surface area contributed by atoms with Gasteiger partial charge in [0, 0.05) is 56.3 Å². The van der Waals surface area contributed by atoms with Gasteiger partial charge in [0.05, 0.1) is 5.69 Å². The van der Waals surface area contributed by atoms with Gasteiger partial charge in [0.25, 0.3) is 6.71 Å². The molecule has 13 rings (SSSR count). The Hall–Kier alpha value is -6.98. The topological polar surface area (TPSA) is 22.9 Å². The largest absolute Gasteiger partial charge is 0.454 e. The molecule has 0 spiro atoms. The molecule has 0 amide bonds. The number of furan rings is 1. The van der Waals surface area contributed by atoms with E-state index < -0.39 is 0 Å². The van der Waals surface area contributed by atoms with E-state index in [4.69, 9.17) is 4.42 Å². The van der Waals surface area contributed by atoms with Crippen LogP contribution in [0.1, 0.15) is 156 Å². The molecule has 2 aliphatic heterocycles. The van der Waals surface area contributed by atoms with Crippen molar-refractivity contribution < 1.29 is 4.42 Å². The summed E-state index contributed by atoms with van der Waals surface area (Å²) in [6.45, 7) is 33.9. The molecule has 4 nitrogen and oxygen atoms in total. The molecule has 0 bridgehead atoms. The Kier molecular flexibility index (Phi) is 10.8. The third kappa shape index (κ3) is 7.67. The third-order valence-electron chi connectivity index (χ3n) is 18.8. The highest BCUT2D eigenvalue weighted by Crippen LogP contribution is 2.55. The molecular formula is C72H76BN3O. The monoisotopic (exact) mass is 1010 g/mol. The fourth-order valence-corrected chi connectivity index (χ4v) is 14.1. The van der Waals surface area contributed by atoms with Crippen LogP contribution in [0.2, 0.25) is 0 Å². The van der Waals surface area contributed by atoms with Crippen LogP contribution in [-0.4, -0.2) is 6.71 Å². The molecule has 388 valence electrons. The number of para-hydroxylation sites is 3. The van der Waals surface area contributed by atoms with Crippen LogP contribution in [0.4, 0.5) is 51.2 Å². The highest BCUT2D eigenvalue weighted by atomic mass is 16.3. The molecule has 77 heavy (non-hydrogen) atoms. The lowest BCUT2D eigenvalue weighted by atomic mass is 9.33. The van der Waals surface area contributed by atoms with Gasteiger partial charge in [0.15, 0.2) is 5.58 Å². The fourth-order valence-electron chi connectivity index (χ4n) is 14.1. The van der Waals surface area contributed by atoms with Crippen LogP contribution in [-0.2, 0) is 32.5 Å². The minimum Gasteiger partial charge on any atom is -0.454 e. The molecule has 4 aliphatic rings. The van der Waals surface area contributed by atoms with Crippen LogP contribution in [0.25, 0.3) is 21.9 Å². The highest BCUT2D eigenvalue weighted by molar-refractivity contribution is 7.00. The average Bonchev–Trinajstić information content (AvgIpc) is 3.92. The van der Waals surface area contributed by atoms with Crippen molar-refractivity contribution >= 4 is 96.2 Å². The molecule has 0 atom stereocenters. The van der Waals surface area contributed by atoms with E-state index in [9.17, 15) is 0 Å². The first kappa shape index (κ1) is 49.6. The summed E-state index contributed by atoms with van der Waals surface area (Å²) in [5, 5.41) is 2.33. The molecule has 5 heteroatoms. The van der Waals surface area contributed by atoms with Crippen LogP contribution in [0.3, 0.4) is 0 Å². The van der Waals surface area contributed by atoms with Gasteiger partial charge < -0.3 is 19.1 Å². The summed E-state index contributed by atoms with van der Waals surface area (Å²) in [5.41, 5.74) is 24.7. The zero-order valence-corrected chi connectivity index (χ0v) is 48.2. The van der Waals surface area contributed by atoms with Crippen molar-refractivity contribution in [3.8, 4) is 0 Å². The second-order valence-electron chi connectivity index (χ2n) is 27.9. The van der Waals surface area contributed by atoms with Crippen LogP contribution >= 0.6 is 0 Å². The quantitative estimate of drug-likeness (QED) is 0.160. The molecule has 3 heterocycles. The average molecular weight is 1010 g/mol. The smallest absolute Gasteiger partial charge is 0.252 e. The van der Waals surface area contributed by atoms with Crippen molar-refractivity contribution in [1.29, 1.82) is 0 Å². The Labute approximate surface area is 459 Å². The number of fused-ring (bicyclic) bond motifs is 9. The maximum atomic E-state index is 7.29. The number of hydrogen-bond acceptors (Lipinski definition) is 4. The van der Waals surface area contributed by atoms with E-state index in [0.717, 1.165) is 64.3 Å². The van der Waals surface area contributed by atoms with E-state index in [1.807, 2.05) is 0 Å². The van der Waals surface area contributed by atoms with Crippen molar-refractivity contribution in [2.45, 2.75) is 155 Å². The van der Waals surface area contributed by atoms with E-state index in [0.29, 0.717) is 0 Å². The van der Waals surface area contributed by atoms with Crippen LogP contribution < -0.4 is 31.1 Å². The van der Waals surface area contributed by atoms with E-state index in [-0.39, 0.29) is 39.2 Å². The van der Waals surface area contributed by atoms with Gasteiger partial charge in [-0.05, 0) is 187 Å². The lowest BCUT2D eigenvalue weighted by Gasteiger charge is -2.48. The summed E-state index contributed by atoms with van der Waals surface area (Å²) in [6.07, 6.45) is 4.63. The second kappa shape index (κ2) is 16.8. The second-order valence-corrected chi connectivity index (χ2v) is 27.9. The SMILES string of the molecule is CC(C)(C)c1cc2c3c(c1)N(c1ccc(C(C)(C)C)c4c1oc1ccccc14)c1cc(N(c4ccccc4)c4ccccc4)ccc1B3c1cc3c(cc1N2c1ccc2c(c1)C(C)(C)CCC2(C)C)C(C)(C)CCC3(C)C. The van der Waals surface area contributed by atoms with Gasteiger partial charge in [-0.2, -0.15) is 0 Å². The van der Waals surface area contributed by atoms with E-state index >= 15 is 0 Å². The van der Waals surface area contributed by atoms with E-state index in [1.54, 1.807) is 0 Å². The molecule has 8 aromatic carbocycles. The van der Waals surface area contributed by atoms with Gasteiger partial charge in [-0.3, -0.25) is 0 Å². The summed E-state index contributed by atoms with van der Waals surface area (Å²) >= 11 is 0. The Morgan fingerprint density at radius 3 is 1.60 bits per heavy atom. The molecule has 2 aliphatic carbocycles. The van der Waals surface area contributed by atoms with Crippen LogP contribution in [0.15, 0.2) is 162 Å². The van der Waals surface area contributed by atoms with Gasteiger partial charge in [0.2, 0.25) is 0 Å². The lowest BCUT2D eigenvalue weighted by Crippen LogP contribution is -2.62. The van der Waals surface area contributed by atoms with Gasteiger partial charge in [-0.1, -0.05) is 176 Å². The maximum Gasteiger partial charge on any atom is 0.252 e. The molecule has 0 radical (unpaired) electrons. The predicted octanol–water partition coefficient (Wildman–Crippen LogP) is 18.4. The van der Waals surface area contributed by atoms with Gasteiger partial charge in [0.1, 0.15) is 5.58 Å². The zero-order chi connectivity index (χ0) is 53.9. The first-order valence-electron chi connectivity index (χ1n) is 28.5. The van der Waals surface area contributed by atoms with Gasteiger partial charge in [-0.25, -0.2) is 0 Å².